The number of carbonyl (C=O) groups is 1. The molecule has 0 spiro atoms. The fraction of sp³-hybridized carbons (Fsp3) is 0.444. The highest BCUT2D eigenvalue weighted by molar-refractivity contribution is 5.93. The first-order chi connectivity index (χ1) is 11.0. The van der Waals surface area contributed by atoms with Crippen LogP contribution in [-0.4, -0.2) is 22.2 Å². The molecule has 4 nitrogen and oxygen atoms in total. The number of benzene rings is 1. The van der Waals surface area contributed by atoms with Crippen molar-refractivity contribution in [3.63, 3.8) is 0 Å². The number of nitrogens with one attached hydrogen (secondary N) is 1. The van der Waals surface area contributed by atoms with Gasteiger partial charge in [0.25, 0.3) is 5.91 Å². The molecular weight excluding hydrogens is 293 g/mol. The van der Waals surface area contributed by atoms with Gasteiger partial charge in [0, 0.05) is 19.2 Å². The zero-order valence-electron chi connectivity index (χ0n) is 13.6. The second-order valence-electron chi connectivity index (χ2n) is 6.36. The van der Waals surface area contributed by atoms with Crippen LogP contribution < -0.4 is 5.32 Å². The molecule has 1 saturated carbocycles. The van der Waals surface area contributed by atoms with Gasteiger partial charge in [0.1, 0.15) is 5.82 Å². The molecule has 1 aromatic heterocycles. The Morgan fingerprint density at radius 1 is 1.35 bits per heavy atom. The maximum Gasteiger partial charge on any atom is 0.271 e. The number of hydrogen-bond donors (Lipinski definition) is 1. The van der Waals surface area contributed by atoms with Crippen molar-refractivity contribution in [3.05, 3.63) is 41.3 Å². The predicted octanol–water partition coefficient (Wildman–Crippen LogP) is 3.45. The van der Waals surface area contributed by atoms with Crippen molar-refractivity contribution in [2.45, 2.75) is 32.6 Å². The van der Waals surface area contributed by atoms with E-state index >= 15 is 0 Å². The molecule has 1 N–H and O–H groups in total. The average Bonchev–Trinajstić information content (AvgIpc) is 3.17. The molecule has 0 saturated heterocycles. The number of nitrogens with zero attached hydrogens (tertiary/aromatic N) is 2. The highest BCUT2D eigenvalue weighted by Gasteiger charge is 2.18. The number of amides is 1. The van der Waals surface area contributed by atoms with Crippen molar-refractivity contribution in [1.82, 2.24) is 15.1 Å². The van der Waals surface area contributed by atoms with E-state index in [9.17, 15) is 9.18 Å². The first-order valence-electron chi connectivity index (χ1n) is 8.13. The van der Waals surface area contributed by atoms with Gasteiger partial charge in [-0.05, 0) is 55.5 Å². The summed E-state index contributed by atoms with van der Waals surface area (Å²) in [5.74, 6) is 0.227. The standard InChI is InChI=1S/C18H22FN3O/c1-12-9-14(7-8-15(12)19)17-10-16(21-22(17)2)18(23)20-11-13-5-3-4-6-13/h7-10,13H,3-6,11H2,1-2H3,(H,20,23). The van der Waals surface area contributed by atoms with Crippen molar-refractivity contribution in [2.75, 3.05) is 6.54 Å². The number of aromatic nitrogens is 2. The minimum Gasteiger partial charge on any atom is -0.350 e. The Bertz CT molecular complexity index is 717. The van der Waals surface area contributed by atoms with Crippen molar-refractivity contribution >= 4 is 5.91 Å². The SMILES string of the molecule is Cc1cc(-c2cc(C(=O)NCC3CCCC3)nn2C)ccc1F. The van der Waals surface area contributed by atoms with Crippen molar-refractivity contribution in [1.29, 1.82) is 0 Å². The third kappa shape index (κ3) is 3.44. The lowest BCUT2D eigenvalue weighted by atomic mass is 10.1. The van der Waals surface area contributed by atoms with Gasteiger partial charge in [-0.3, -0.25) is 9.48 Å². The van der Waals surface area contributed by atoms with E-state index in [4.69, 9.17) is 0 Å². The van der Waals surface area contributed by atoms with E-state index in [2.05, 4.69) is 10.4 Å². The smallest absolute Gasteiger partial charge is 0.271 e. The normalized spacial score (nSPS) is 15.1. The predicted molar refractivity (Wildman–Crippen MR) is 87.6 cm³/mol. The van der Waals surface area contributed by atoms with E-state index in [1.807, 2.05) is 0 Å². The quantitative estimate of drug-likeness (QED) is 0.939. The first kappa shape index (κ1) is 15.7. The van der Waals surface area contributed by atoms with Crippen LogP contribution in [0.25, 0.3) is 11.3 Å². The van der Waals surface area contributed by atoms with Crippen LogP contribution in [0.4, 0.5) is 4.39 Å². The molecule has 0 bridgehead atoms. The molecule has 5 heteroatoms. The molecule has 1 fully saturated rings. The summed E-state index contributed by atoms with van der Waals surface area (Å²) >= 11 is 0. The average molecular weight is 315 g/mol. The zero-order chi connectivity index (χ0) is 16.4. The molecule has 0 atom stereocenters. The fourth-order valence-electron chi connectivity index (χ4n) is 3.19. The summed E-state index contributed by atoms with van der Waals surface area (Å²) in [4.78, 5) is 12.3. The van der Waals surface area contributed by atoms with E-state index in [-0.39, 0.29) is 11.7 Å². The number of hydrogen-bond acceptors (Lipinski definition) is 2. The highest BCUT2D eigenvalue weighted by atomic mass is 19.1. The van der Waals surface area contributed by atoms with Gasteiger partial charge in [-0.15, -0.1) is 0 Å². The Morgan fingerprint density at radius 2 is 2.09 bits per heavy atom. The number of carbonyl (C=O) groups excluding carboxylic acids is 1. The number of halogens is 1. The van der Waals surface area contributed by atoms with Gasteiger partial charge in [-0.2, -0.15) is 5.10 Å². The zero-order valence-corrected chi connectivity index (χ0v) is 13.6. The van der Waals surface area contributed by atoms with Gasteiger partial charge in [-0.25, -0.2) is 4.39 Å². The Balaban J connectivity index is 1.74. The largest absolute Gasteiger partial charge is 0.350 e. The van der Waals surface area contributed by atoms with Crippen LogP contribution in [0.2, 0.25) is 0 Å². The Kier molecular flexibility index (Phi) is 4.46. The van der Waals surface area contributed by atoms with Crippen LogP contribution in [0, 0.1) is 18.7 Å². The maximum atomic E-state index is 13.4. The van der Waals surface area contributed by atoms with Crippen LogP contribution in [0.5, 0.6) is 0 Å². The lowest BCUT2D eigenvalue weighted by molar-refractivity contribution is 0.0941. The van der Waals surface area contributed by atoms with Crippen LogP contribution in [0.3, 0.4) is 0 Å². The van der Waals surface area contributed by atoms with Crippen LogP contribution in [-0.2, 0) is 7.05 Å². The maximum absolute atomic E-state index is 13.4. The summed E-state index contributed by atoms with van der Waals surface area (Å²) < 4.78 is 15.1. The summed E-state index contributed by atoms with van der Waals surface area (Å²) in [6.45, 7) is 2.45. The molecule has 2 aromatic rings. The second-order valence-corrected chi connectivity index (χ2v) is 6.36. The highest BCUT2D eigenvalue weighted by Crippen LogP contribution is 2.24. The monoisotopic (exact) mass is 315 g/mol. The molecule has 1 amide bonds. The molecule has 0 unspecified atom stereocenters. The lowest BCUT2D eigenvalue weighted by Crippen LogP contribution is -2.28. The van der Waals surface area contributed by atoms with Gasteiger partial charge < -0.3 is 5.32 Å². The summed E-state index contributed by atoms with van der Waals surface area (Å²) in [7, 11) is 1.79. The number of aryl methyl sites for hydroxylation is 2. The van der Waals surface area contributed by atoms with E-state index in [0.29, 0.717) is 17.2 Å². The molecule has 0 radical (unpaired) electrons. The third-order valence-electron chi connectivity index (χ3n) is 4.59. The third-order valence-corrected chi connectivity index (χ3v) is 4.59. The van der Waals surface area contributed by atoms with Gasteiger partial charge in [0.05, 0.1) is 5.69 Å². The summed E-state index contributed by atoms with van der Waals surface area (Å²) in [6, 6.07) is 6.68. The summed E-state index contributed by atoms with van der Waals surface area (Å²) in [6.07, 6.45) is 4.92. The molecule has 1 heterocycles. The van der Waals surface area contributed by atoms with Crippen LogP contribution >= 0.6 is 0 Å². The van der Waals surface area contributed by atoms with Crippen molar-refractivity contribution in [3.8, 4) is 11.3 Å². The minimum atomic E-state index is -0.231. The molecule has 0 aliphatic heterocycles. The molecule has 122 valence electrons. The van der Waals surface area contributed by atoms with E-state index in [1.54, 1.807) is 36.9 Å². The van der Waals surface area contributed by atoms with Crippen molar-refractivity contribution < 1.29 is 9.18 Å². The van der Waals surface area contributed by atoms with E-state index in [0.717, 1.165) is 17.8 Å². The topological polar surface area (TPSA) is 46.9 Å². The Hall–Kier alpha value is -2.17. The first-order valence-corrected chi connectivity index (χ1v) is 8.13. The molecule has 1 aromatic carbocycles. The van der Waals surface area contributed by atoms with Gasteiger partial charge in [-0.1, -0.05) is 12.8 Å². The van der Waals surface area contributed by atoms with E-state index in [1.165, 1.54) is 31.7 Å². The summed E-state index contributed by atoms with van der Waals surface area (Å²) in [5, 5.41) is 7.27. The molecular formula is C18H22FN3O. The Morgan fingerprint density at radius 3 is 2.78 bits per heavy atom. The summed E-state index contributed by atoms with van der Waals surface area (Å²) in [5.41, 5.74) is 2.64. The molecule has 1 aliphatic rings. The van der Waals surface area contributed by atoms with E-state index < -0.39 is 0 Å². The number of rotatable bonds is 4. The fourth-order valence-corrected chi connectivity index (χ4v) is 3.19. The minimum absolute atomic E-state index is 0.141. The van der Waals surface area contributed by atoms with Crippen LogP contribution in [0.15, 0.2) is 24.3 Å². The second kappa shape index (κ2) is 6.52. The lowest BCUT2D eigenvalue weighted by Gasteiger charge is -2.08. The molecule has 23 heavy (non-hydrogen) atoms. The van der Waals surface area contributed by atoms with Gasteiger partial charge in [0.15, 0.2) is 5.69 Å². The molecule has 3 rings (SSSR count). The molecule has 1 aliphatic carbocycles. The van der Waals surface area contributed by atoms with Gasteiger partial charge >= 0.3 is 0 Å². The van der Waals surface area contributed by atoms with Crippen molar-refractivity contribution in [2.24, 2.45) is 13.0 Å². The Labute approximate surface area is 135 Å². The van der Waals surface area contributed by atoms with Crippen LogP contribution in [0.1, 0.15) is 41.7 Å². The van der Waals surface area contributed by atoms with Gasteiger partial charge in [0.2, 0.25) is 0 Å².